The molecule has 0 heterocycles. The van der Waals surface area contributed by atoms with E-state index in [2.05, 4.69) is 6.58 Å². The summed E-state index contributed by atoms with van der Waals surface area (Å²) in [6, 6.07) is 0. The Kier molecular flexibility index (Phi) is 3.49. The SMILES string of the molecule is C=C(CSC(F)(F)F)C(F)(F)F. The Bertz CT molecular complexity index is 166. The molecule has 12 heavy (non-hydrogen) atoms. The first-order valence-corrected chi connectivity index (χ1v) is 3.57. The Hall–Kier alpha value is -0.330. The summed E-state index contributed by atoms with van der Waals surface area (Å²) in [6.07, 6.45) is -4.74. The smallest absolute Gasteiger partial charge is 0.166 e. The summed E-state index contributed by atoms with van der Waals surface area (Å²) in [6.45, 7) is 2.48. The van der Waals surface area contributed by atoms with Crippen molar-refractivity contribution in [1.82, 2.24) is 0 Å². The first-order valence-electron chi connectivity index (χ1n) is 2.58. The van der Waals surface area contributed by atoms with E-state index >= 15 is 0 Å². The lowest BCUT2D eigenvalue weighted by atomic mass is 10.3. The van der Waals surface area contributed by atoms with Crippen molar-refractivity contribution in [2.75, 3.05) is 5.75 Å². The minimum Gasteiger partial charge on any atom is -0.166 e. The molecule has 72 valence electrons. The van der Waals surface area contributed by atoms with Gasteiger partial charge in [0.2, 0.25) is 0 Å². The van der Waals surface area contributed by atoms with Gasteiger partial charge in [-0.15, -0.1) is 0 Å². The fourth-order valence-corrected chi connectivity index (χ4v) is 0.752. The highest BCUT2D eigenvalue weighted by Crippen LogP contribution is 2.35. The van der Waals surface area contributed by atoms with E-state index in [1.165, 1.54) is 0 Å². The van der Waals surface area contributed by atoms with Crippen LogP contribution in [0.4, 0.5) is 26.3 Å². The highest BCUT2D eigenvalue weighted by Gasteiger charge is 2.36. The predicted octanol–water partition coefficient (Wildman–Crippen LogP) is 3.36. The van der Waals surface area contributed by atoms with E-state index in [0.717, 1.165) is 0 Å². The summed E-state index contributed by atoms with van der Waals surface area (Å²) < 4.78 is 68.7. The number of halogens is 6. The fraction of sp³-hybridized carbons (Fsp3) is 0.600. The van der Waals surface area contributed by atoms with Crippen molar-refractivity contribution in [2.24, 2.45) is 0 Å². The summed E-state index contributed by atoms with van der Waals surface area (Å²) >= 11 is -0.751. The third-order valence-electron chi connectivity index (χ3n) is 0.811. The molecule has 7 heteroatoms. The number of alkyl halides is 6. The minimum absolute atomic E-state index is 0.751. The molecule has 0 spiro atoms. The minimum atomic E-state index is -4.74. The Morgan fingerprint density at radius 1 is 1.08 bits per heavy atom. The van der Waals surface area contributed by atoms with Gasteiger partial charge in [0.1, 0.15) is 0 Å². The van der Waals surface area contributed by atoms with Crippen LogP contribution in [0.15, 0.2) is 12.2 Å². The Balaban J connectivity index is 3.90. The molecule has 0 amide bonds. The molecular weight excluding hydrogens is 206 g/mol. The summed E-state index contributed by atoms with van der Waals surface area (Å²) in [5.41, 5.74) is -6.03. The van der Waals surface area contributed by atoms with Crippen molar-refractivity contribution in [3.8, 4) is 0 Å². The first-order chi connectivity index (χ1) is 5.13. The zero-order chi connectivity index (χ0) is 9.99. The second kappa shape index (κ2) is 3.59. The van der Waals surface area contributed by atoms with E-state index in [-0.39, 0.29) is 0 Å². The van der Waals surface area contributed by atoms with E-state index in [9.17, 15) is 26.3 Å². The van der Waals surface area contributed by atoms with Crippen LogP contribution >= 0.6 is 11.8 Å². The molecule has 0 nitrogen and oxygen atoms in total. The van der Waals surface area contributed by atoms with Crippen molar-refractivity contribution in [3.05, 3.63) is 12.2 Å². The molecule has 0 atom stereocenters. The van der Waals surface area contributed by atoms with Gasteiger partial charge in [-0.1, -0.05) is 6.58 Å². The third-order valence-corrected chi connectivity index (χ3v) is 1.63. The van der Waals surface area contributed by atoms with E-state index in [1.54, 1.807) is 0 Å². The average molecular weight is 210 g/mol. The lowest BCUT2D eigenvalue weighted by Gasteiger charge is -2.10. The molecule has 0 aliphatic carbocycles. The largest absolute Gasteiger partial charge is 0.442 e. The normalized spacial score (nSPS) is 13.2. The van der Waals surface area contributed by atoms with Gasteiger partial charge in [0.25, 0.3) is 0 Å². The molecule has 0 aromatic rings. The van der Waals surface area contributed by atoms with Crippen molar-refractivity contribution in [2.45, 2.75) is 11.7 Å². The van der Waals surface area contributed by atoms with E-state index in [0.29, 0.717) is 0 Å². The van der Waals surface area contributed by atoms with Crippen LogP contribution in [0.5, 0.6) is 0 Å². The zero-order valence-electron chi connectivity index (χ0n) is 5.59. The first kappa shape index (κ1) is 11.7. The molecule has 0 saturated carbocycles. The Morgan fingerprint density at radius 3 is 1.75 bits per heavy atom. The summed E-state index contributed by atoms with van der Waals surface area (Å²) in [5, 5.41) is 0. The number of hydrogen-bond acceptors (Lipinski definition) is 1. The van der Waals surface area contributed by atoms with Crippen LogP contribution in [0, 0.1) is 0 Å². The van der Waals surface area contributed by atoms with Crippen LogP contribution in [0.2, 0.25) is 0 Å². The molecule has 0 bridgehead atoms. The Labute approximate surface area is 68.6 Å². The van der Waals surface area contributed by atoms with Crippen LogP contribution < -0.4 is 0 Å². The van der Waals surface area contributed by atoms with Crippen LogP contribution in [-0.2, 0) is 0 Å². The standard InChI is InChI=1S/C5H4F6S/c1-3(4(6,7)8)2-12-5(9,10)11/h1-2H2. The molecule has 0 aromatic heterocycles. The fourth-order valence-electron chi connectivity index (χ4n) is 0.251. The van der Waals surface area contributed by atoms with E-state index in [4.69, 9.17) is 0 Å². The van der Waals surface area contributed by atoms with Crippen LogP contribution in [-0.4, -0.2) is 17.4 Å². The van der Waals surface area contributed by atoms with Gasteiger partial charge in [0.15, 0.2) is 0 Å². The lowest BCUT2D eigenvalue weighted by Crippen LogP contribution is -2.14. The van der Waals surface area contributed by atoms with Crippen molar-refractivity contribution in [3.63, 3.8) is 0 Å². The van der Waals surface area contributed by atoms with Crippen molar-refractivity contribution in [1.29, 1.82) is 0 Å². The van der Waals surface area contributed by atoms with E-state index in [1.807, 2.05) is 0 Å². The molecule has 0 N–H and O–H groups in total. The molecule has 0 aliphatic rings. The lowest BCUT2D eigenvalue weighted by molar-refractivity contribution is -0.0906. The van der Waals surface area contributed by atoms with Crippen molar-refractivity contribution >= 4 is 11.8 Å². The molecule has 0 aromatic carbocycles. The van der Waals surface area contributed by atoms with Crippen molar-refractivity contribution < 1.29 is 26.3 Å². The molecular formula is C5H4F6S. The third kappa shape index (κ3) is 5.34. The van der Waals surface area contributed by atoms with Gasteiger partial charge in [0, 0.05) is 11.3 Å². The predicted molar refractivity (Wildman–Crippen MR) is 33.7 cm³/mol. The highest BCUT2D eigenvalue weighted by atomic mass is 32.2. The van der Waals surface area contributed by atoms with Crippen LogP contribution in [0.3, 0.4) is 0 Å². The van der Waals surface area contributed by atoms with E-state index < -0.39 is 34.8 Å². The average Bonchev–Trinajstić information content (AvgIpc) is 1.78. The number of rotatable bonds is 2. The van der Waals surface area contributed by atoms with Gasteiger partial charge in [-0.05, 0) is 11.8 Å². The van der Waals surface area contributed by atoms with Gasteiger partial charge in [0.05, 0.1) is 0 Å². The van der Waals surface area contributed by atoms with Gasteiger partial charge >= 0.3 is 11.7 Å². The second-order valence-corrected chi connectivity index (χ2v) is 2.88. The van der Waals surface area contributed by atoms with Gasteiger partial charge < -0.3 is 0 Å². The highest BCUT2D eigenvalue weighted by molar-refractivity contribution is 8.00. The quantitative estimate of drug-likeness (QED) is 0.497. The second-order valence-electron chi connectivity index (χ2n) is 1.84. The summed E-state index contributed by atoms with van der Waals surface area (Å²) in [4.78, 5) is 0. The Morgan fingerprint density at radius 2 is 1.50 bits per heavy atom. The van der Waals surface area contributed by atoms with Crippen LogP contribution in [0.25, 0.3) is 0 Å². The van der Waals surface area contributed by atoms with Gasteiger partial charge in [-0.25, -0.2) is 0 Å². The zero-order valence-corrected chi connectivity index (χ0v) is 6.41. The maximum atomic E-state index is 11.5. The van der Waals surface area contributed by atoms with Gasteiger partial charge in [-0.2, -0.15) is 26.3 Å². The number of thioether (sulfide) groups is 1. The summed E-state index contributed by atoms with van der Waals surface area (Å²) in [7, 11) is 0. The molecule has 0 fully saturated rings. The van der Waals surface area contributed by atoms with Crippen LogP contribution in [0.1, 0.15) is 0 Å². The molecule has 0 rings (SSSR count). The maximum absolute atomic E-state index is 11.5. The summed E-state index contributed by atoms with van der Waals surface area (Å²) in [5.74, 6) is -1.17. The topological polar surface area (TPSA) is 0 Å². The molecule has 0 unspecified atom stereocenters. The monoisotopic (exact) mass is 210 g/mol. The maximum Gasteiger partial charge on any atom is 0.442 e. The number of hydrogen-bond donors (Lipinski definition) is 0. The molecule has 0 radical (unpaired) electrons. The van der Waals surface area contributed by atoms with Gasteiger partial charge in [-0.3, -0.25) is 0 Å². The molecule has 0 aliphatic heterocycles. The molecule has 0 saturated heterocycles.